The Morgan fingerprint density at radius 1 is 1.04 bits per heavy atom. The summed E-state index contributed by atoms with van der Waals surface area (Å²) >= 11 is 12.3. The number of piperazine rings is 1. The van der Waals surface area contributed by atoms with E-state index in [4.69, 9.17) is 23.2 Å². The Balaban J connectivity index is 1.61. The highest BCUT2D eigenvalue weighted by Gasteiger charge is 2.23. The van der Waals surface area contributed by atoms with Crippen molar-refractivity contribution in [2.24, 2.45) is 0 Å². The van der Waals surface area contributed by atoms with E-state index in [0.29, 0.717) is 41.8 Å². The molecular weight excluding hydrogens is 350 g/mol. The van der Waals surface area contributed by atoms with Gasteiger partial charge in [0.1, 0.15) is 5.82 Å². The Morgan fingerprint density at radius 3 is 2.46 bits per heavy atom. The molecule has 0 radical (unpaired) electrons. The molecule has 0 saturated carbocycles. The fourth-order valence-corrected chi connectivity index (χ4v) is 3.24. The Labute approximate surface area is 150 Å². The summed E-state index contributed by atoms with van der Waals surface area (Å²) in [6.45, 7) is 2.50. The van der Waals surface area contributed by atoms with Crippen molar-refractivity contribution in [2.45, 2.75) is 6.42 Å². The molecule has 2 aromatic carbocycles. The van der Waals surface area contributed by atoms with Crippen molar-refractivity contribution < 1.29 is 9.18 Å². The van der Waals surface area contributed by atoms with E-state index in [0.717, 1.165) is 5.69 Å². The molecule has 1 aliphatic heterocycles. The monoisotopic (exact) mass is 366 g/mol. The Hall–Kier alpha value is -1.78. The van der Waals surface area contributed by atoms with Gasteiger partial charge in [0.25, 0.3) is 0 Å². The summed E-state index contributed by atoms with van der Waals surface area (Å²) in [6.07, 6.45) is 0.0879. The first-order chi connectivity index (χ1) is 11.5. The minimum absolute atomic E-state index is 0.0584. The molecule has 1 fully saturated rings. The van der Waals surface area contributed by atoms with Crippen LogP contribution in [0.15, 0.2) is 42.5 Å². The van der Waals surface area contributed by atoms with E-state index in [2.05, 4.69) is 4.90 Å². The normalized spacial score (nSPS) is 14.8. The number of carbonyl (C=O) groups is 1. The van der Waals surface area contributed by atoms with Crippen molar-refractivity contribution in [1.29, 1.82) is 0 Å². The van der Waals surface area contributed by atoms with Crippen LogP contribution in [0, 0.1) is 5.82 Å². The maximum absolute atomic E-state index is 13.7. The summed E-state index contributed by atoms with van der Waals surface area (Å²) in [6, 6.07) is 11.7. The molecule has 0 unspecified atom stereocenters. The van der Waals surface area contributed by atoms with Crippen molar-refractivity contribution in [3.8, 4) is 0 Å². The summed E-state index contributed by atoms with van der Waals surface area (Å²) in [7, 11) is 0. The third kappa shape index (κ3) is 3.82. The summed E-state index contributed by atoms with van der Waals surface area (Å²) in [5.41, 5.74) is 1.31. The number of nitrogens with zero attached hydrogens (tertiary/aromatic N) is 2. The first-order valence-corrected chi connectivity index (χ1v) is 8.51. The number of hydrogen-bond acceptors (Lipinski definition) is 2. The lowest BCUT2D eigenvalue weighted by molar-refractivity contribution is -0.130. The Bertz CT molecular complexity index is 746. The van der Waals surface area contributed by atoms with Crippen LogP contribution >= 0.6 is 23.2 Å². The standard InChI is InChI=1S/C18H17Cl2FN2O/c19-14-5-6-15(20)17(12-14)22-7-9-23(10-8-22)18(24)11-13-3-1-2-4-16(13)21/h1-6,12H,7-11H2. The van der Waals surface area contributed by atoms with Gasteiger partial charge in [-0.25, -0.2) is 4.39 Å². The molecule has 24 heavy (non-hydrogen) atoms. The molecule has 3 rings (SSSR count). The fraction of sp³-hybridized carbons (Fsp3) is 0.278. The van der Waals surface area contributed by atoms with E-state index in [-0.39, 0.29) is 18.1 Å². The highest BCUT2D eigenvalue weighted by Crippen LogP contribution is 2.29. The number of hydrogen-bond donors (Lipinski definition) is 0. The van der Waals surface area contributed by atoms with E-state index in [9.17, 15) is 9.18 Å². The van der Waals surface area contributed by atoms with Gasteiger partial charge in [-0.3, -0.25) is 4.79 Å². The summed E-state index contributed by atoms with van der Waals surface area (Å²) in [5, 5.41) is 1.28. The summed E-state index contributed by atoms with van der Waals surface area (Å²) in [4.78, 5) is 16.3. The number of anilines is 1. The van der Waals surface area contributed by atoms with Crippen molar-refractivity contribution in [3.63, 3.8) is 0 Å². The van der Waals surface area contributed by atoms with E-state index >= 15 is 0 Å². The molecule has 1 heterocycles. The number of carbonyl (C=O) groups excluding carboxylic acids is 1. The van der Waals surface area contributed by atoms with E-state index in [1.807, 2.05) is 6.07 Å². The second kappa shape index (κ2) is 7.41. The number of rotatable bonds is 3. The minimum Gasteiger partial charge on any atom is -0.367 e. The second-order valence-corrected chi connectivity index (χ2v) is 6.58. The van der Waals surface area contributed by atoms with Crippen LogP contribution in [0.5, 0.6) is 0 Å². The van der Waals surface area contributed by atoms with Gasteiger partial charge in [-0.2, -0.15) is 0 Å². The van der Waals surface area contributed by atoms with Gasteiger partial charge in [-0.15, -0.1) is 0 Å². The zero-order valence-corrected chi connectivity index (χ0v) is 14.5. The predicted octanol–water partition coefficient (Wildman–Crippen LogP) is 4.02. The summed E-state index contributed by atoms with van der Waals surface area (Å²) in [5.74, 6) is -0.396. The number of benzene rings is 2. The number of halogens is 3. The van der Waals surface area contributed by atoms with E-state index in [1.165, 1.54) is 6.07 Å². The van der Waals surface area contributed by atoms with Gasteiger partial charge in [-0.1, -0.05) is 41.4 Å². The first kappa shape index (κ1) is 17.1. The molecule has 0 atom stereocenters. The topological polar surface area (TPSA) is 23.6 Å². The molecule has 1 aliphatic rings. The molecule has 0 N–H and O–H groups in total. The molecular formula is C18H17Cl2FN2O. The van der Waals surface area contributed by atoms with Crippen LogP contribution in [0.2, 0.25) is 10.0 Å². The molecule has 0 bridgehead atoms. The van der Waals surface area contributed by atoms with Crippen LogP contribution in [0.25, 0.3) is 0 Å². The van der Waals surface area contributed by atoms with Crippen LogP contribution in [0.3, 0.4) is 0 Å². The second-order valence-electron chi connectivity index (χ2n) is 5.73. The van der Waals surface area contributed by atoms with E-state index in [1.54, 1.807) is 35.2 Å². The van der Waals surface area contributed by atoms with Crippen LogP contribution in [0.1, 0.15) is 5.56 Å². The van der Waals surface area contributed by atoms with Gasteiger partial charge in [0.05, 0.1) is 17.1 Å². The average molecular weight is 367 g/mol. The molecule has 2 aromatic rings. The predicted molar refractivity (Wildman–Crippen MR) is 95.4 cm³/mol. The first-order valence-electron chi connectivity index (χ1n) is 7.76. The van der Waals surface area contributed by atoms with Gasteiger partial charge in [0.15, 0.2) is 0 Å². The maximum atomic E-state index is 13.7. The minimum atomic E-state index is -0.338. The third-order valence-corrected chi connectivity index (χ3v) is 4.74. The lowest BCUT2D eigenvalue weighted by atomic mass is 10.1. The Morgan fingerprint density at radius 2 is 1.75 bits per heavy atom. The lowest BCUT2D eigenvalue weighted by Gasteiger charge is -2.36. The van der Waals surface area contributed by atoms with Crippen molar-refractivity contribution >= 4 is 34.8 Å². The molecule has 0 aromatic heterocycles. The highest BCUT2D eigenvalue weighted by atomic mass is 35.5. The molecule has 1 saturated heterocycles. The zero-order chi connectivity index (χ0) is 17.1. The van der Waals surface area contributed by atoms with Gasteiger partial charge >= 0.3 is 0 Å². The van der Waals surface area contributed by atoms with E-state index < -0.39 is 0 Å². The summed E-state index contributed by atoms with van der Waals surface area (Å²) < 4.78 is 13.7. The smallest absolute Gasteiger partial charge is 0.227 e. The highest BCUT2D eigenvalue weighted by molar-refractivity contribution is 6.35. The molecule has 3 nitrogen and oxygen atoms in total. The third-order valence-electron chi connectivity index (χ3n) is 4.18. The molecule has 6 heteroatoms. The molecule has 126 valence electrons. The van der Waals surface area contributed by atoms with Crippen LogP contribution in [-0.4, -0.2) is 37.0 Å². The van der Waals surface area contributed by atoms with Gasteiger partial charge in [-0.05, 0) is 29.8 Å². The van der Waals surface area contributed by atoms with Crippen molar-refractivity contribution in [3.05, 3.63) is 63.9 Å². The lowest BCUT2D eigenvalue weighted by Crippen LogP contribution is -2.49. The van der Waals surface area contributed by atoms with Gasteiger partial charge in [0.2, 0.25) is 5.91 Å². The number of amides is 1. The zero-order valence-electron chi connectivity index (χ0n) is 13.0. The molecule has 0 spiro atoms. The fourth-order valence-electron chi connectivity index (χ4n) is 2.84. The van der Waals surface area contributed by atoms with Crippen LogP contribution in [-0.2, 0) is 11.2 Å². The van der Waals surface area contributed by atoms with Crippen LogP contribution < -0.4 is 4.90 Å². The Kier molecular flexibility index (Phi) is 5.27. The van der Waals surface area contributed by atoms with Crippen LogP contribution in [0.4, 0.5) is 10.1 Å². The molecule has 0 aliphatic carbocycles. The quantitative estimate of drug-likeness (QED) is 0.818. The van der Waals surface area contributed by atoms with Gasteiger partial charge in [0, 0.05) is 31.2 Å². The average Bonchev–Trinajstić information content (AvgIpc) is 2.59. The van der Waals surface area contributed by atoms with Gasteiger partial charge < -0.3 is 9.80 Å². The largest absolute Gasteiger partial charge is 0.367 e. The van der Waals surface area contributed by atoms with Crippen molar-refractivity contribution in [1.82, 2.24) is 4.90 Å². The SMILES string of the molecule is O=C(Cc1ccccc1F)N1CCN(c2cc(Cl)ccc2Cl)CC1. The molecule has 1 amide bonds. The van der Waals surface area contributed by atoms with Crippen molar-refractivity contribution in [2.75, 3.05) is 31.1 Å². The maximum Gasteiger partial charge on any atom is 0.227 e.